The van der Waals surface area contributed by atoms with E-state index in [0.717, 1.165) is 37.4 Å². The highest BCUT2D eigenvalue weighted by Crippen LogP contribution is 2.39. The van der Waals surface area contributed by atoms with Gasteiger partial charge in [-0.3, -0.25) is 9.36 Å². The maximum Gasteiger partial charge on any atom is 0.313 e. The average Bonchev–Trinajstić information content (AvgIpc) is 3.08. The summed E-state index contributed by atoms with van der Waals surface area (Å²) in [5.74, 6) is 1.75. The van der Waals surface area contributed by atoms with Gasteiger partial charge in [-0.1, -0.05) is 18.2 Å². The summed E-state index contributed by atoms with van der Waals surface area (Å²) in [6, 6.07) is 0. The van der Waals surface area contributed by atoms with Gasteiger partial charge in [0, 0.05) is 19.6 Å². The number of aliphatic carboxylic acids is 1. The van der Waals surface area contributed by atoms with E-state index in [2.05, 4.69) is 22.0 Å². The van der Waals surface area contributed by atoms with Crippen molar-refractivity contribution in [2.75, 3.05) is 23.7 Å². The van der Waals surface area contributed by atoms with Gasteiger partial charge in [-0.2, -0.15) is 0 Å². The second kappa shape index (κ2) is 5.63. The zero-order chi connectivity index (χ0) is 14.1. The number of hydrogen-bond acceptors (Lipinski definition) is 5. The number of fused-ring (bicyclic) bond motifs is 1. The van der Waals surface area contributed by atoms with Crippen molar-refractivity contribution in [1.29, 1.82) is 0 Å². The van der Waals surface area contributed by atoms with E-state index in [1.54, 1.807) is 0 Å². The van der Waals surface area contributed by atoms with Crippen LogP contribution in [-0.2, 0) is 11.3 Å². The molecule has 2 aliphatic rings. The van der Waals surface area contributed by atoms with Crippen molar-refractivity contribution in [2.24, 2.45) is 11.8 Å². The van der Waals surface area contributed by atoms with Gasteiger partial charge in [-0.25, -0.2) is 0 Å². The Hall–Kier alpha value is -1.24. The molecule has 0 spiro atoms. The Morgan fingerprint density at radius 1 is 1.35 bits per heavy atom. The predicted molar refractivity (Wildman–Crippen MR) is 77.1 cm³/mol. The third kappa shape index (κ3) is 2.51. The number of rotatable bonds is 5. The van der Waals surface area contributed by atoms with Crippen LogP contribution in [-0.4, -0.2) is 44.7 Å². The van der Waals surface area contributed by atoms with Gasteiger partial charge in [-0.05, 0) is 31.6 Å². The van der Waals surface area contributed by atoms with Crippen molar-refractivity contribution >= 4 is 23.7 Å². The third-order valence-electron chi connectivity index (χ3n) is 4.35. The van der Waals surface area contributed by atoms with E-state index in [1.807, 2.05) is 4.57 Å². The molecule has 7 heteroatoms. The molecule has 0 bridgehead atoms. The van der Waals surface area contributed by atoms with E-state index in [4.69, 9.17) is 5.11 Å². The monoisotopic (exact) mass is 296 g/mol. The Bertz CT molecular complexity index is 493. The Morgan fingerprint density at radius 3 is 2.65 bits per heavy atom. The van der Waals surface area contributed by atoms with Crippen molar-refractivity contribution in [3.05, 3.63) is 0 Å². The largest absolute Gasteiger partial charge is 0.481 e. The highest BCUT2D eigenvalue weighted by molar-refractivity contribution is 7.99. The van der Waals surface area contributed by atoms with Gasteiger partial charge >= 0.3 is 5.97 Å². The summed E-state index contributed by atoms with van der Waals surface area (Å²) in [7, 11) is 0. The highest BCUT2D eigenvalue weighted by atomic mass is 32.2. The second-order valence-electron chi connectivity index (χ2n) is 5.57. The third-order valence-corrected chi connectivity index (χ3v) is 5.30. The van der Waals surface area contributed by atoms with Crippen LogP contribution in [0.15, 0.2) is 5.16 Å². The van der Waals surface area contributed by atoms with Crippen LogP contribution in [0, 0.1) is 11.8 Å². The number of thioether (sulfide) groups is 1. The molecule has 2 fully saturated rings. The van der Waals surface area contributed by atoms with Crippen LogP contribution < -0.4 is 4.90 Å². The fourth-order valence-electron chi connectivity index (χ4n) is 3.42. The van der Waals surface area contributed by atoms with Crippen LogP contribution in [0.2, 0.25) is 0 Å². The second-order valence-corrected chi connectivity index (χ2v) is 6.51. The molecule has 1 saturated carbocycles. The first-order valence-corrected chi connectivity index (χ1v) is 8.20. The van der Waals surface area contributed by atoms with Crippen LogP contribution in [0.5, 0.6) is 0 Å². The topological polar surface area (TPSA) is 71.2 Å². The lowest BCUT2D eigenvalue weighted by atomic mass is 10.0. The summed E-state index contributed by atoms with van der Waals surface area (Å²) in [6.07, 6.45) is 4.04. The fourth-order valence-corrected chi connectivity index (χ4v) is 4.14. The Labute approximate surface area is 122 Å². The van der Waals surface area contributed by atoms with E-state index >= 15 is 0 Å². The average molecular weight is 296 g/mol. The highest BCUT2D eigenvalue weighted by Gasteiger charge is 2.37. The van der Waals surface area contributed by atoms with Gasteiger partial charge in [0.15, 0.2) is 5.16 Å². The molecule has 0 amide bonds. The summed E-state index contributed by atoms with van der Waals surface area (Å²) in [6.45, 7) is 4.98. The number of hydrogen-bond donors (Lipinski definition) is 1. The molecule has 2 heterocycles. The van der Waals surface area contributed by atoms with Crippen molar-refractivity contribution in [1.82, 2.24) is 14.8 Å². The van der Waals surface area contributed by atoms with Crippen LogP contribution in [0.1, 0.15) is 26.2 Å². The molecule has 1 aromatic heterocycles. The summed E-state index contributed by atoms with van der Waals surface area (Å²) in [5, 5.41) is 18.0. The lowest BCUT2D eigenvalue weighted by molar-refractivity contribution is -0.133. The molecule has 1 aliphatic heterocycles. The number of carboxylic acid groups (broad SMARTS) is 1. The standard InChI is InChI=1S/C13H20N4O2S/c1-2-17-12(14-15-13(17)20-8-11(18)19)16-6-9-4-3-5-10(9)7-16/h9-10H,2-8H2,1H3,(H,18,19). The van der Waals surface area contributed by atoms with Gasteiger partial charge < -0.3 is 10.0 Å². The Balaban J connectivity index is 1.75. The van der Waals surface area contributed by atoms with Gasteiger partial charge in [0.05, 0.1) is 5.75 Å². The smallest absolute Gasteiger partial charge is 0.313 e. The van der Waals surface area contributed by atoms with Crippen LogP contribution in [0.4, 0.5) is 5.95 Å². The van der Waals surface area contributed by atoms with Crippen molar-refractivity contribution in [3.8, 4) is 0 Å². The molecule has 0 aromatic carbocycles. The minimum absolute atomic E-state index is 0.0311. The molecule has 0 radical (unpaired) electrons. The number of carbonyl (C=O) groups is 1. The zero-order valence-corrected chi connectivity index (χ0v) is 12.5. The summed E-state index contributed by atoms with van der Waals surface area (Å²) in [5.41, 5.74) is 0. The van der Waals surface area contributed by atoms with Gasteiger partial charge in [0.2, 0.25) is 5.95 Å². The maximum absolute atomic E-state index is 10.7. The Kier molecular flexibility index (Phi) is 3.87. The normalized spacial score (nSPS) is 25.1. The molecule has 6 nitrogen and oxygen atoms in total. The van der Waals surface area contributed by atoms with E-state index < -0.39 is 5.97 Å². The minimum atomic E-state index is -0.821. The lowest BCUT2D eigenvalue weighted by Crippen LogP contribution is -2.24. The minimum Gasteiger partial charge on any atom is -0.481 e. The SMILES string of the molecule is CCn1c(SCC(=O)O)nnc1N1CC2CCCC2C1. The number of carboxylic acids is 1. The van der Waals surface area contributed by atoms with Crippen LogP contribution in [0.25, 0.3) is 0 Å². The van der Waals surface area contributed by atoms with E-state index in [-0.39, 0.29) is 5.75 Å². The molecular weight excluding hydrogens is 276 g/mol. The van der Waals surface area contributed by atoms with Gasteiger partial charge in [-0.15, -0.1) is 10.2 Å². The molecular formula is C13H20N4O2S. The van der Waals surface area contributed by atoms with Crippen molar-refractivity contribution in [2.45, 2.75) is 37.9 Å². The molecule has 110 valence electrons. The van der Waals surface area contributed by atoms with Crippen LogP contribution in [0.3, 0.4) is 0 Å². The summed E-state index contributed by atoms with van der Waals surface area (Å²) >= 11 is 1.24. The Morgan fingerprint density at radius 2 is 2.05 bits per heavy atom. The van der Waals surface area contributed by atoms with Crippen molar-refractivity contribution in [3.63, 3.8) is 0 Å². The number of anilines is 1. The molecule has 20 heavy (non-hydrogen) atoms. The molecule has 1 aromatic rings. The zero-order valence-electron chi connectivity index (χ0n) is 11.7. The summed E-state index contributed by atoms with van der Waals surface area (Å²) in [4.78, 5) is 13.0. The number of nitrogens with zero attached hydrogens (tertiary/aromatic N) is 4. The summed E-state index contributed by atoms with van der Waals surface area (Å²) < 4.78 is 2.04. The maximum atomic E-state index is 10.7. The first-order valence-electron chi connectivity index (χ1n) is 7.21. The first kappa shape index (κ1) is 13.7. The van der Waals surface area contributed by atoms with Gasteiger partial charge in [0.25, 0.3) is 0 Å². The van der Waals surface area contributed by atoms with Crippen LogP contribution >= 0.6 is 11.8 Å². The van der Waals surface area contributed by atoms with E-state index in [9.17, 15) is 4.79 Å². The first-order chi connectivity index (χ1) is 9.69. The molecule has 2 unspecified atom stereocenters. The molecule has 1 saturated heterocycles. The fraction of sp³-hybridized carbons (Fsp3) is 0.769. The van der Waals surface area contributed by atoms with E-state index in [1.165, 1.54) is 31.0 Å². The van der Waals surface area contributed by atoms with Crippen molar-refractivity contribution < 1.29 is 9.90 Å². The molecule has 1 N–H and O–H groups in total. The predicted octanol–water partition coefficient (Wildman–Crippen LogP) is 1.71. The number of aromatic nitrogens is 3. The molecule has 1 aliphatic carbocycles. The molecule has 3 rings (SSSR count). The quantitative estimate of drug-likeness (QED) is 0.834. The van der Waals surface area contributed by atoms with E-state index in [0.29, 0.717) is 5.16 Å². The van der Waals surface area contributed by atoms with Gasteiger partial charge in [0.1, 0.15) is 0 Å². The molecule has 2 atom stereocenters. The lowest BCUT2D eigenvalue weighted by Gasteiger charge is -2.19.